The highest BCUT2D eigenvalue weighted by molar-refractivity contribution is 5.04. The van der Waals surface area contributed by atoms with Gasteiger partial charge in [-0.05, 0) is 19.9 Å². The quantitative estimate of drug-likeness (QED) is 0.869. The smallest absolute Gasteiger partial charge is 0.326 e. The topological polar surface area (TPSA) is 43.8 Å². The molecular weight excluding hydrogens is 288 g/mol. The summed E-state index contributed by atoms with van der Waals surface area (Å²) in [4.78, 5) is 0. The summed E-state index contributed by atoms with van der Waals surface area (Å²) in [5.74, 6) is -3.56. The van der Waals surface area contributed by atoms with Crippen molar-refractivity contribution in [2.75, 3.05) is 0 Å². The third-order valence-electron chi connectivity index (χ3n) is 2.77. The van der Waals surface area contributed by atoms with Crippen LogP contribution >= 0.6 is 0 Å². The third-order valence-corrected chi connectivity index (χ3v) is 2.77. The predicted molar refractivity (Wildman–Crippen MR) is 59.9 cm³/mol. The summed E-state index contributed by atoms with van der Waals surface area (Å²) in [6.07, 6.45) is -9.97. The SMILES string of the molecule is CC(C)n1ccc(CC(N)C(C(F)(F)F)C(F)(F)F)n1. The highest BCUT2D eigenvalue weighted by atomic mass is 19.4. The van der Waals surface area contributed by atoms with Crippen LogP contribution in [0.5, 0.6) is 0 Å². The van der Waals surface area contributed by atoms with E-state index in [1.807, 2.05) is 0 Å². The van der Waals surface area contributed by atoms with Crippen LogP contribution in [-0.4, -0.2) is 28.2 Å². The van der Waals surface area contributed by atoms with E-state index in [9.17, 15) is 26.3 Å². The van der Waals surface area contributed by atoms with Gasteiger partial charge in [0.25, 0.3) is 0 Å². The highest BCUT2D eigenvalue weighted by Crippen LogP contribution is 2.41. The van der Waals surface area contributed by atoms with Gasteiger partial charge in [0.15, 0.2) is 5.92 Å². The second kappa shape index (κ2) is 5.63. The molecule has 0 aliphatic heterocycles. The monoisotopic (exact) mass is 303 g/mol. The van der Waals surface area contributed by atoms with E-state index in [1.54, 1.807) is 13.8 Å². The average Bonchev–Trinajstić information content (AvgIpc) is 2.60. The van der Waals surface area contributed by atoms with Crippen molar-refractivity contribution in [2.24, 2.45) is 11.7 Å². The molecule has 0 bridgehead atoms. The predicted octanol–water partition coefficient (Wildman–Crippen LogP) is 3.07. The molecule has 0 aliphatic rings. The molecule has 1 atom stereocenters. The zero-order valence-corrected chi connectivity index (χ0v) is 10.8. The lowest BCUT2D eigenvalue weighted by Gasteiger charge is -2.27. The molecule has 0 radical (unpaired) electrons. The molecule has 0 saturated carbocycles. The van der Waals surface area contributed by atoms with Crippen molar-refractivity contribution < 1.29 is 26.3 Å². The summed E-state index contributed by atoms with van der Waals surface area (Å²) < 4.78 is 76.3. The van der Waals surface area contributed by atoms with E-state index in [0.29, 0.717) is 0 Å². The number of rotatable bonds is 4. The van der Waals surface area contributed by atoms with Crippen molar-refractivity contribution in [1.29, 1.82) is 0 Å². The van der Waals surface area contributed by atoms with Crippen molar-refractivity contribution in [3.63, 3.8) is 0 Å². The maximum Gasteiger partial charge on any atom is 0.402 e. The average molecular weight is 303 g/mol. The van der Waals surface area contributed by atoms with Gasteiger partial charge < -0.3 is 5.73 Å². The minimum absolute atomic E-state index is 0.0407. The molecule has 0 aliphatic carbocycles. The van der Waals surface area contributed by atoms with Gasteiger partial charge in [0.05, 0.1) is 5.69 Å². The normalized spacial score (nSPS) is 15.2. The van der Waals surface area contributed by atoms with E-state index in [1.165, 1.54) is 16.9 Å². The Hall–Kier alpha value is -1.25. The Balaban J connectivity index is 2.88. The van der Waals surface area contributed by atoms with Gasteiger partial charge in [-0.1, -0.05) is 0 Å². The fourth-order valence-corrected chi connectivity index (χ4v) is 1.80. The van der Waals surface area contributed by atoms with Crippen LogP contribution in [0.25, 0.3) is 0 Å². The van der Waals surface area contributed by atoms with Crippen molar-refractivity contribution in [3.05, 3.63) is 18.0 Å². The van der Waals surface area contributed by atoms with Gasteiger partial charge in [-0.2, -0.15) is 31.4 Å². The molecule has 0 amide bonds. The van der Waals surface area contributed by atoms with E-state index in [0.717, 1.165) is 0 Å². The van der Waals surface area contributed by atoms with Gasteiger partial charge in [0.1, 0.15) is 0 Å². The van der Waals surface area contributed by atoms with Crippen LogP contribution in [0.4, 0.5) is 26.3 Å². The summed E-state index contributed by atoms with van der Waals surface area (Å²) in [5, 5.41) is 3.90. The molecule has 1 aromatic rings. The molecule has 0 fully saturated rings. The molecule has 1 aromatic heterocycles. The van der Waals surface area contributed by atoms with Crippen molar-refractivity contribution >= 4 is 0 Å². The zero-order valence-electron chi connectivity index (χ0n) is 10.8. The molecule has 116 valence electrons. The number of halogens is 6. The minimum atomic E-state index is -5.43. The first-order chi connectivity index (χ1) is 8.93. The van der Waals surface area contributed by atoms with E-state index < -0.39 is 30.7 Å². The lowest BCUT2D eigenvalue weighted by Crippen LogP contribution is -2.49. The van der Waals surface area contributed by atoms with Crippen LogP contribution in [0.2, 0.25) is 0 Å². The molecule has 0 spiro atoms. The van der Waals surface area contributed by atoms with Gasteiger partial charge in [0, 0.05) is 24.7 Å². The van der Waals surface area contributed by atoms with Gasteiger partial charge >= 0.3 is 12.4 Å². The Morgan fingerprint density at radius 1 is 1.15 bits per heavy atom. The van der Waals surface area contributed by atoms with E-state index in [4.69, 9.17) is 5.73 Å². The van der Waals surface area contributed by atoms with E-state index >= 15 is 0 Å². The molecule has 0 saturated heterocycles. The van der Waals surface area contributed by atoms with Gasteiger partial charge in [-0.25, -0.2) is 0 Å². The van der Waals surface area contributed by atoms with Crippen molar-refractivity contribution in [2.45, 2.75) is 44.7 Å². The van der Waals surface area contributed by atoms with Crippen LogP contribution < -0.4 is 5.73 Å². The lowest BCUT2D eigenvalue weighted by molar-refractivity contribution is -0.289. The number of nitrogens with two attached hydrogens (primary N) is 1. The third kappa shape index (κ3) is 4.12. The number of hydrogen-bond donors (Lipinski definition) is 1. The van der Waals surface area contributed by atoms with E-state index in [-0.39, 0.29) is 11.7 Å². The first-order valence-corrected chi connectivity index (χ1v) is 5.86. The van der Waals surface area contributed by atoms with Crippen molar-refractivity contribution in [3.8, 4) is 0 Å². The van der Waals surface area contributed by atoms with Crippen LogP contribution in [0.1, 0.15) is 25.6 Å². The molecule has 20 heavy (non-hydrogen) atoms. The Kier molecular flexibility index (Phi) is 4.73. The lowest BCUT2D eigenvalue weighted by atomic mass is 9.95. The maximum atomic E-state index is 12.5. The summed E-state index contributed by atoms with van der Waals surface area (Å²) in [6, 6.07) is -0.796. The second-order valence-electron chi connectivity index (χ2n) is 4.81. The standard InChI is InChI=1S/C11H15F6N3/c1-6(2)20-4-3-7(19-20)5-8(18)9(10(12,13)14)11(15,16)17/h3-4,6,8-9H,5,18H2,1-2H3. The van der Waals surface area contributed by atoms with Crippen LogP contribution in [0.15, 0.2) is 12.3 Å². The number of hydrogen-bond acceptors (Lipinski definition) is 2. The zero-order chi connectivity index (χ0) is 15.7. The second-order valence-corrected chi connectivity index (χ2v) is 4.81. The van der Waals surface area contributed by atoms with Crippen LogP contribution in [0.3, 0.4) is 0 Å². The minimum Gasteiger partial charge on any atom is -0.326 e. The van der Waals surface area contributed by atoms with Gasteiger partial charge in [-0.15, -0.1) is 0 Å². The molecule has 1 rings (SSSR count). The Labute approximate surface area is 111 Å². The fourth-order valence-electron chi connectivity index (χ4n) is 1.80. The highest BCUT2D eigenvalue weighted by Gasteiger charge is 2.59. The Bertz CT molecular complexity index is 420. The summed E-state index contributed by atoms with van der Waals surface area (Å²) in [7, 11) is 0. The number of nitrogens with zero attached hydrogens (tertiary/aromatic N) is 2. The van der Waals surface area contributed by atoms with Crippen LogP contribution in [-0.2, 0) is 6.42 Å². The van der Waals surface area contributed by atoms with Crippen LogP contribution in [0, 0.1) is 5.92 Å². The molecule has 3 nitrogen and oxygen atoms in total. The molecule has 1 heterocycles. The van der Waals surface area contributed by atoms with Gasteiger partial charge in [0.2, 0.25) is 0 Å². The molecule has 2 N–H and O–H groups in total. The fraction of sp³-hybridized carbons (Fsp3) is 0.727. The summed E-state index contributed by atoms with van der Waals surface area (Å²) in [6.45, 7) is 3.57. The summed E-state index contributed by atoms with van der Waals surface area (Å²) >= 11 is 0. The first kappa shape index (κ1) is 16.8. The molecular formula is C11H15F6N3. The maximum absolute atomic E-state index is 12.5. The number of alkyl halides is 6. The first-order valence-electron chi connectivity index (χ1n) is 5.86. The Morgan fingerprint density at radius 3 is 2.00 bits per heavy atom. The number of aromatic nitrogens is 2. The Morgan fingerprint density at radius 2 is 1.65 bits per heavy atom. The van der Waals surface area contributed by atoms with Gasteiger partial charge in [-0.3, -0.25) is 4.68 Å². The largest absolute Gasteiger partial charge is 0.402 e. The molecule has 0 aromatic carbocycles. The molecule has 9 heteroatoms. The van der Waals surface area contributed by atoms with E-state index in [2.05, 4.69) is 5.10 Å². The summed E-state index contributed by atoms with van der Waals surface area (Å²) in [5.41, 5.74) is 5.22. The van der Waals surface area contributed by atoms with Crippen molar-refractivity contribution in [1.82, 2.24) is 9.78 Å². The molecule has 1 unspecified atom stereocenters.